The van der Waals surface area contributed by atoms with E-state index in [1.54, 1.807) is 42.5 Å². The molecule has 0 spiro atoms. The number of nitrogens with one attached hydrogen (secondary N) is 1. The fourth-order valence-corrected chi connectivity index (χ4v) is 4.61. The van der Waals surface area contributed by atoms with Crippen LogP contribution in [0.15, 0.2) is 77.7 Å². The maximum absolute atomic E-state index is 13.5. The molecule has 3 rings (SSSR count). The lowest BCUT2D eigenvalue weighted by Crippen LogP contribution is -2.38. The van der Waals surface area contributed by atoms with Crippen molar-refractivity contribution in [1.29, 1.82) is 0 Å². The molecule has 0 atom stereocenters. The highest BCUT2D eigenvalue weighted by molar-refractivity contribution is 7.92. The molecular weight excluding hydrogens is 444 g/mol. The number of rotatable bonds is 9. The van der Waals surface area contributed by atoms with Crippen LogP contribution in [0.3, 0.4) is 0 Å². The lowest BCUT2D eigenvalue weighted by atomic mass is 10.1. The van der Waals surface area contributed by atoms with E-state index in [-0.39, 0.29) is 22.1 Å². The van der Waals surface area contributed by atoms with Crippen LogP contribution in [0.4, 0.5) is 11.4 Å². The van der Waals surface area contributed by atoms with Gasteiger partial charge >= 0.3 is 0 Å². The van der Waals surface area contributed by atoms with Gasteiger partial charge in [0, 0.05) is 17.3 Å². The fraction of sp³-hybridized carbons (Fsp3) is 0.167. The van der Waals surface area contributed by atoms with E-state index in [0.29, 0.717) is 17.0 Å². The minimum atomic E-state index is -4.12. The second-order valence-electron chi connectivity index (χ2n) is 7.05. The second-order valence-corrected chi connectivity index (χ2v) is 8.91. The Morgan fingerprint density at radius 1 is 0.909 bits per heavy atom. The highest BCUT2D eigenvalue weighted by Gasteiger charge is 2.29. The molecule has 1 N–H and O–H groups in total. The van der Waals surface area contributed by atoms with Crippen LogP contribution in [0.2, 0.25) is 0 Å². The first kappa shape index (κ1) is 23.8. The molecule has 0 heterocycles. The van der Waals surface area contributed by atoms with Crippen molar-refractivity contribution in [3.63, 3.8) is 0 Å². The number of ether oxygens (including phenoxy) is 2. The number of hydrogen-bond donors (Lipinski definition) is 1. The predicted molar refractivity (Wildman–Crippen MR) is 126 cm³/mol. The quantitative estimate of drug-likeness (QED) is 0.480. The van der Waals surface area contributed by atoms with Crippen molar-refractivity contribution in [2.45, 2.75) is 11.8 Å². The lowest BCUT2D eigenvalue weighted by molar-refractivity contribution is -0.114. The molecule has 33 heavy (non-hydrogen) atoms. The molecule has 3 aromatic carbocycles. The van der Waals surface area contributed by atoms with E-state index in [4.69, 9.17) is 9.47 Å². The van der Waals surface area contributed by atoms with Gasteiger partial charge in [-0.25, -0.2) is 8.42 Å². The monoisotopic (exact) mass is 468 g/mol. The van der Waals surface area contributed by atoms with Gasteiger partial charge in [0.05, 0.1) is 24.8 Å². The predicted octanol–water partition coefficient (Wildman–Crippen LogP) is 3.74. The zero-order valence-corrected chi connectivity index (χ0v) is 19.3. The standard InChI is InChI=1S/C24H24N2O6S/c1-17(27)18-8-7-9-19(14-18)25-24(28)16-26(33(29,30)21-10-5-4-6-11-21)22-13-12-20(31-2)15-23(22)32-3/h4-15H,16H2,1-3H3,(H,25,28). The smallest absolute Gasteiger partial charge is 0.264 e. The number of methoxy groups -OCH3 is 2. The van der Waals surface area contributed by atoms with Crippen molar-refractivity contribution < 1.29 is 27.5 Å². The number of hydrogen-bond acceptors (Lipinski definition) is 6. The molecule has 0 saturated carbocycles. The molecule has 0 unspecified atom stereocenters. The Morgan fingerprint density at radius 2 is 1.64 bits per heavy atom. The first-order valence-corrected chi connectivity index (χ1v) is 11.4. The van der Waals surface area contributed by atoms with Crippen molar-refractivity contribution in [2.24, 2.45) is 0 Å². The van der Waals surface area contributed by atoms with E-state index in [1.165, 1.54) is 51.5 Å². The maximum Gasteiger partial charge on any atom is 0.264 e. The zero-order chi connectivity index (χ0) is 24.0. The van der Waals surface area contributed by atoms with E-state index in [0.717, 1.165) is 4.31 Å². The Morgan fingerprint density at radius 3 is 2.27 bits per heavy atom. The number of anilines is 2. The maximum atomic E-state index is 13.5. The van der Waals surface area contributed by atoms with Gasteiger partial charge in [0.1, 0.15) is 18.0 Å². The second kappa shape index (κ2) is 10.2. The largest absolute Gasteiger partial charge is 0.497 e. The van der Waals surface area contributed by atoms with E-state index in [9.17, 15) is 18.0 Å². The average Bonchev–Trinajstić information content (AvgIpc) is 2.82. The van der Waals surface area contributed by atoms with Crippen LogP contribution in [0.1, 0.15) is 17.3 Å². The highest BCUT2D eigenvalue weighted by atomic mass is 32.2. The van der Waals surface area contributed by atoms with Crippen molar-refractivity contribution >= 4 is 33.1 Å². The molecule has 0 fully saturated rings. The van der Waals surface area contributed by atoms with Crippen molar-refractivity contribution in [3.05, 3.63) is 78.4 Å². The molecule has 8 nitrogen and oxygen atoms in total. The molecule has 0 radical (unpaired) electrons. The van der Waals surface area contributed by atoms with Crippen LogP contribution >= 0.6 is 0 Å². The number of ketones is 1. The Hall–Kier alpha value is -3.85. The number of benzene rings is 3. The van der Waals surface area contributed by atoms with Gasteiger partial charge in [0.2, 0.25) is 5.91 Å². The molecule has 0 aliphatic heterocycles. The van der Waals surface area contributed by atoms with E-state index >= 15 is 0 Å². The van der Waals surface area contributed by atoms with E-state index in [1.807, 2.05) is 0 Å². The summed E-state index contributed by atoms with van der Waals surface area (Å²) >= 11 is 0. The van der Waals surface area contributed by atoms with Gasteiger partial charge in [0.25, 0.3) is 10.0 Å². The molecule has 0 aliphatic carbocycles. The summed E-state index contributed by atoms with van der Waals surface area (Å²) in [4.78, 5) is 24.6. The number of carbonyl (C=O) groups is 2. The third kappa shape index (κ3) is 5.50. The van der Waals surface area contributed by atoms with Gasteiger partial charge in [-0.3, -0.25) is 13.9 Å². The number of amides is 1. The zero-order valence-electron chi connectivity index (χ0n) is 18.4. The molecule has 0 saturated heterocycles. The molecular formula is C24H24N2O6S. The number of nitrogens with zero attached hydrogens (tertiary/aromatic N) is 1. The topological polar surface area (TPSA) is 102 Å². The molecule has 0 aromatic heterocycles. The van der Waals surface area contributed by atoms with Crippen LogP contribution in [-0.4, -0.2) is 40.9 Å². The van der Waals surface area contributed by atoms with Gasteiger partial charge in [-0.1, -0.05) is 30.3 Å². The Bertz CT molecular complexity index is 1260. The summed E-state index contributed by atoms with van der Waals surface area (Å²) in [6, 6.07) is 18.9. The van der Waals surface area contributed by atoms with Gasteiger partial charge < -0.3 is 14.8 Å². The van der Waals surface area contributed by atoms with Crippen LogP contribution in [-0.2, 0) is 14.8 Å². The lowest BCUT2D eigenvalue weighted by Gasteiger charge is -2.26. The fourth-order valence-electron chi connectivity index (χ4n) is 3.16. The van der Waals surface area contributed by atoms with Crippen molar-refractivity contribution in [3.8, 4) is 11.5 Å². The number of sulfonamides is 1. The minimum absolute atomic E-state index is 0.0225. The summed E-state index contributed by atoms with van der Waals surface area (Å²) in [5.74, 6) is -0.0474. The first-order chi connectivity index (χ1) is 15.8. The molecule has 0 aliphatic rings. The summed E-state index contributed by atoms with van der Waals surface area (Å²) in [6.45, 7) is 0.898. The van der Waals surface area contributed by atoms with E-state index in [2.05, 4.69) is 5.32 Å². The normalized spacial score (nSPS) is 10.9. The third-order valence-electron chi connectivity index (χ3n) is 4.83. The van der Waals surface area contributed by atoms with Crippen LogP contribution < -0.4 is 19.1 Å². The Labute approximate surface area is 192 Å². The van der Waals surface area contributed by atoms with E-state index < -0.39 is 22.5 Å². The molecule has 172 valence electrons. The molecule has 3 aromatic rings. The van der Waals surface area contributed by atoms with Gasteiger partial charge in [-0.2, -0.15) is 0 Å². The minimum Gasteiger partial charge on any atom is -0.497 e. The molecule has 1 amide bonds. The summed E-state index contributed by atoms with van der Waals surface area (Å²) in [5.41, 5.74) is 0.986. The summed E-state index contributed by atoms with van der Waals surface area (Å²) in [6.07, 6.45) is 0. The van der Waals surface area contributed by atoms with Crippen LogP contribution in [0.5, 0.6) is 11.5 Å². The Balaban J connectivity index is 2.00. The molecule has 0 bridgehead atoms. The first-order valence-electron chi connectivity index (χ1n) is 9.97. The molecule has 9 heteroatoms. The SMILES string of the molecule is COc1ccc(N(CC(=O)Nc2cccc(C(C)=O)c2)S(=O)(=O)c2ccccc2)c(OC)c1. The van der Waals surface area contributed by atoms with Gasteiger partial charge in [-0.05, 0) is 43.3 Å². The summed E-state index contributed by atoms with van der Waals surface area (Å²) in [5, 5.41) is 2.66. The van der Waals surface area contributed by atoms with Crippen LogP contribution in [0, 0.1) is 0 Å². The number of carbonyl (C=O) groups excluding carboxylic acids is 2. The van der Waals surface area contributed by atoms with Crippen molar-refractivity contribution in [1.82, 2.24) is 0 Å². The van der Waals surface area contributed by atoms with Crippen LogP contribution in [0.25, 0.3) is 0 Å². The Kier molecular flexibility index (Phi) is 7.34. The van der Waals surface area contributed by atoms with Gasteiger partial charge in [-0.15, -0.1) is 0 Å². The average molecular weight is 469 g/mol. The van der Waals surface area contributed by atoms with Crippen molar-refractivity contribution in [2.75, 3.05) is 30.4 Å². The van der Waals surface area contributed by atoms with Gasteiger partial charge in [0.15, 0.2) is 5.78 Å². The summed E-state index contributed by atoms with van der Waals surface area (Å²) < 4.78 is 38.6. The summed E-state index contributed by atoms with van der Waals surface area (Å²) in [7, 11) is -1.23. The number of Topliss-reactive ketones (excluding diaryl/α,β-unsaturated/α-hetero) is 1. The highest BCUT2D eigenvalue weighted by Crippen LogP contribution is 2.35. The third-order valence-corrected chi connectivity index (χ3v) is 6.60.